The monoisotopic (exact) mass is 310 g/mol. The molecule has 1 saturated heterocycles. The molecule has 1 aromatic carbocycles. The van der Waals surface area contributed by atoms with Gasteiger partial charge >= 0.3 is 0 Å². The van der Waals surface area contributed by atoms with Crippen molar-refractivity contribution in [1.82, 2.24) is 4.31 Å². The maximum absolute atomic E-state index is 12.9. The molecule has 2 unspecified atom stereocenters. The Kier molecular flexibility index (Phi) is 4.05. The van der Waals surface area contributed by atoms with Crippen LogP contribution in [0, 0.1) is 0 Å². The third kappa shape index (κ3) is 2.73. The summed E-state index contributed by atoms with van der Waals surface area (Å²) in [5.41, 5.74) is 8.07. The summed E-state index contributed by atoms with van der Waals surface area (Å²) in [6.07, 6.45) is 2.93. The molecule has 2 aliphatic rings. The standard InChI is InChI=1S/C15H22N2O3S/c1-11-10-20-14(8-16)9-17(11)21(18,19)15-6-5-12-3-2-4-13(12)7-15/h5-7,11,14H,2-4,8-10,16H2,1H3. The van der Waals surface area contributed by atoms with Gasteiger partial charge in [-0.15, -0.1) is 0 Å². The van der Waals surface area contributed by atoms with Gasteiger partial charge in [-0.3, -0.25) is 0 Å². The van der Waals surface area contributed by atoms with E-state index >= 15 is 0 Å². The van der Waals surface area contributed by atoms with Crippen LogP contribution in [0.3, 0.4) is 0 Å². The molecule has 1 fully saturated rings. The summed E-state index contributed by atoms with van der Waals surface area (Å²) in [5.74, 6) is 0. The van der Waals surface area contributed by atoms with E-state index in [1.807, 2.05) is 19.1 Å². The van der Waals surface area contributed by atoms with Gasteiger partial charge in [-0.1, -0.05) is 6.07 Å². The Balaban J connectivity index is 1.92. The lowest BCUT2D eigenvalue weighted by Gasteiger charge is -2.36. The molecule has 1 aromatic rings. The van der Waals surface area contributed by atoms with Crippen molar-refractivity contribution >= 4 is 10.0 Å². The zero-order valence-electron chi connectivity index (χ0n) is 12.3. The quantitative estimate of drug-likeness (QED) is 0.901. The summed E-state index contributed by atoms with van der Waals surface area (Å²) in [6.45, 7) is 2.93. The molecule has 1 heterocycles. The maximum atomic E-state index is 12.9. The molecule has 0 radical (unpaired) electrons. The molecule has 2 N–H and O–H groups in total. The van der Waals surface area contributed by atoms with Crippen molar-refractivity contribution in [3.8, 4) is 0 Å². The molecular weight excluding hydrogens is 288 g/mol. The third-order valence-corrected chi connectivity index (χ3v) is 6.36. The Morgan fingerprint density at radius 3 is 2.86 bits per heavy atom. The van der Waals surface area contributed by atoms with Crippen molar-refractivity contribution in [3.05, 3.63) is 29.3 Å². The average Bonchev–Trinajstić information content (AvgIpc) is 2.95. The number of nitrogens with zero attached hydrogens (tertiary/aromatic N) is 1. The average molecular weight is 310 g/mol. The van der Waals surface area contributed by atoms with Crippen molar-refractivity contribution in [2.45, 2.75) is 43.2 Å². The fourth-order valence-corrected chi connectivity index (χ4v) is 4.81. The Morgan fingerprint density at radius 1 is 1.33 bits per heavy atom. The fraction of sp³-hybridized carbons (Fsp3) is 0.600. The molecule has 21 heavy (non-hydrogen) atoms. The highest BCUT2D eigenvalue weighted by Gasteiger charge is 2.35. The number of sulfonamides is 1. The number of rotatable bonds is 3. The molecule has 116 valence electrons. The Labute approximate surface area is 126 Å². The number of hydrogen-bond donors (Lipinski definition) is 1. The lowest BCUT2D eigenvalue weighted by Crippen LogP contribution is -2.52. The van der Waals surface area contributed by atoms with Gasteiger partial charge < -0.3 is 10.5 Å². The topological polar surface area (TPSA) is 72.6 Å². The summed E-state index contributed by atoms with van der Waals surface area (Å²) in [6, 6.07) is 5.38. The van der Waals surface area contributed by atoms with E-state index in [-0.39, 0.29) is 12.1 Å². The summed E-state index contributed by atoms with van der Waals surface area (Å²) >= 11 is 0. The smallest absolute Gasteiger partial charge is 0.243 e. The third-order valence-electron chi connectivity index (χ3n) is 4.39. The van der Waals surface area contributed by atoms with Crippen molar-refractivity contribution < 1.29 is 13.2 Å². The normalized spacial score (nSPS) is 26.8. The summed E-state index contributed by atoms with van der Waals surface area (Å²) < 4.78 is 32.9. The number of morpholine rings is 1. The van der Waals surface area contributed by atoms with Gasteiger partial charge in [0, 0.05) is 19.1 Å². The second-order valence-corrected chi connectivity index (χ2v) is 7.79. The lowest BCUT2D eigenvalue weighted by atomic mass is 10.1. The van der Waals surface area contributed by atoms with Gasteiger partial charge in [0.15, 0.2) is 0 Å². The number of nitrogens with two attached hydrogens (primary N) is 1. The lowest BCUT2D eigenvalue weighted by molar-refractivity contribution is -0.0219. The second-order valence-electron chi connectivity index (χ2n) is 5.90. The van der Waals surface area contributed by atoms with E-state index in [1.165, 1.54) is 15.4 Å². The van der Waals surface area contributed by atoms with Gasteiger partial charge in [0.1, 0.15) is 0 Å². The van der Waals surface area contributed by atoms with Gasteiger partial charge in [0.05, 0.1) is 17.6 Å². The number of ether oxygens (including phenoxy) is 1. The second kappa shape index (κ2) is 5.68. The van der Waals surface area contributed by atoms with Crippen LogP contribution in [0.25, 0.3) is 0 Å². The minimum absolute atomic E-state index is 0.161. The first-order valence-electron chi connectivity index (χ1n) is 7.47. The molecule has 2 atom stereocenters. The molecule has 0 amide bonds. The Hall–Kier alpha value is -0.950. The number of aryl methyl sites for hydroxylation is 2. The molecule has 5 nitrogen and oxygen atoms in total. The zero-order valence-corrected chi connectivity index (χ0v) is 13.1. The van der Waals surface area contributed by atoms with Crippen LogP contribution >= 0.6 is 0 Å². The predicted molar refractivity (Wildman–Crippen MR) is 80.6 cm³/mol. The van der Waals surface area contributed by atoms with E-state index in [4.69, 9.17) is 10.5 Å². The zero-order chi connectivity index (χ0) is 15.0. The molecule has 1 aliphatic carbocycles. The number of benzene rings is 1. The van der Waals surface area contributed by atoms with Crippen molar-refractivity contribution in [3.63, 3.8) is 0 Å². The van der Waals surface area contributed by atoms with Crippen LogP contribution in [0.5, 0.6) is 0 Å². The molecule has 0 spiro atoms. The molecule has 0 aromatic heterocycles. The maximum Gasteiger partial charge on any atom is 0.243 e. The minimum Gasteiger partial charge on any atom is -0.374 e. The van der Waals surface area contributed by atoms with Crippen LogP contribution in [0.15, 0.2) is 23.1 Å². The summed E-state index contributed by atoms with van der Waals surface area (Å²) in [4.78, 5) is 0.396. The van der Waals surface area contributed by atoms with Crippen molar-refractivity contribution in [2.75, 3.05) is 19.7 Å². The van der Waals surface area contributed by atoms with E-state index in [0.29, 0.717) is 24.6 Å². The minimum atomic E-state index is -3.48. The van der Waals surface area contributed by atoms with Gasteiger partial charge in [-0.2, -0.15) is 4.31 Å². The Morgan fingerprint density at radius 2 is 2.10 bits per heavy atom. The van der Waals surface area contributed by atoms with Gasteiger partial charge in [-0.25, -0.2) is 8.42 Å². The highest BCUT2D eigenvalue weighted by molar-refractivity contribution is 7.89. The van der Waals surface area contributed by atoms with E-state index in [0.717, 1.165) is 19.3 Å². The van der Waals surface area contributed by atoms with Crippen molar-refractivity contribution in [1.29, 1.82) is 0 Å². The van der Waals surface area contributed by atoms with Crippen LogP contribution in [-0.2, 0) is 27.6 Å². The highest BCUT2D eigenvalue weighted by atomic mass is 32.2. The molecule has 3 rings (SSSR count). The van der Waals surface area contributed by atoms with Crippen LogP contribution in [0.4, 0.5) is 0 Å². The number of hydrogen-bond acceptors (Lipinski definition) is 4. The molecule has 1 aliphatic heterocycles. The largest absolute Gasteiger partial charge is 0.374 e. The summed E-state index contributed by atoms with van der Waals surface area (Å²) in [5, 5.41) is 0. The Bertz CT molecular complexity index is 630. The predicted octanol–water partition coefficient (Wildman–Crippen LogP) is 0.912. The van der Waals surface area contributed by atoms with Gasteiger partial charge in [0.25, 0.3) is 0 Å². The fourth-order valence-electron chi connectivity index (χ4n) is 3.11. The molecular formula is C15H22N2O3S. The van der Waals surface area contributed by atoms with Crippen molar-refractivity contribution in [2.24, 2.45) is 5.73 Å². The van der Waals surface area contributed by atoms with E-state index < -0.39 is 10.0 Å². The first-order chi connectivity index (χ1) is 10.0. The number of fused-ring (bicyclic) bond motifs is 1. The van der Waals surface area contributed by atoms with Gasteiger partial charge in [-0.05, 0) is 49.4 Å². The molecule has 0 bridgehead atoms. The van der Waals surface area contributed by atoms with Crippen LogP contribution in [-0.4, -0.2) is 44.6 Å². The summed E-state index contributed by atoms with van der Waals surface area (Å²) in [7, 11) is -3.48. The molecule has 0 saturated carbocycles. The highest BCUT2D eigenvalue weighted by Crippen LogP contribution is 2.28. The first kappa shape index (κ1) is 15.0. The first-order valence-corrected chi connectivity index (χ1v) is 8.91. The van der Waals surface area contributed by atoms with E-state index in [1.54, 1.807) is 6.07 Å². The van der Waals surface area contributed by atoms with Gasteiger partial charge in [0.2, 0.25) is 10.0 Å². The molecule has 6 heteroatoms. The van der Waals surface area contributed by atoms with Crippen LogP contribution < -0.4 is 5.73 Å². The SMILES string of the molecule is CC1COC(CN)CN1S(=O)(=O)c1ccc2c(c1)CCC2. The van der Waals surface area contributed by atoms with E-state index in [9.17, 15) is 8.42 Å². The van der Waals surface area contributed by atoms with Crippen LogP contribution in [0.1, 0.15) is 24.5 Å². The van der Waals surface area contributed by atoms with Crippen LogP contribution in [0.2, 0.25) is 0 Å². The van der Waals surface area contributed by atoms with E-state index in [2.05, 4.69) is 0 Å².